The number of benzene rings is 2. The number of nitriles is 1. The second-order valence-corrected chi connectivity index (χ2v) is 7.67. The second-order valence-electron chi connectivity index (χ2n) is 7.29. The van der Waals surface area contributed by atoms with Crippen LogP contribution >= 0.6 is 11.6 Å². The quantitative estimate of drug-likeness (QED) is 0.349. The highest BCUT2D eigenvalue weighted by atomic mass is 35.5. The predicted octanol–water partition coefficient (Wildman–Crippen LogP) is 6.43. The molecule has 0 saturated carbocycles. The number of nitrogens with one attached hydrogen (secondary N) is 1. The first-order valence-electron chi connectivity index (χ1n) is 9.32. The van der Waals surface area contributed by atoms with E-state index in [1.165, 1.54) is 12.1 Å². The summed E-state index contributed by atoms with van der Waals surface area (Å²) in [7, 11) is 0. The van der Waals surface area contributed by atoms with Crippen LogP contribution in [0.1, 0.15) is 23.1 Å². The van der Waals surface area contributed by atoms with E-state index in [0.29, 0.717) is 24.1 Å². The van der Waals surface area contributed by atoms with Gasteiger partial charge in [-0.2, -0.15) is 5.26 Å². The minimum absolute atomic E-state index is 0.0595. The average Bonchev–Trinajstić information content (AvgIpc) is 3.13. The number of anilines is 1. The Morgan fingerprint density at radius 2 is 2.10 bits per heavy atom. The highest BCUT2D eigenvalue weighted by Gasteiger charge is 2.41. The van der Waals surface area contributed by atoms with E-state index in [4.69, 9.17) is 17.1 Å². The minimum Gasteiger partial charge on any atom is -0.375 e. The fourth-order valence-electron chi connectivity index (χ4n) is 4.21. The number of azide groups is 1. The Labute approximate surface area is 176 Å². The lowest BCUT2D eigenvalue weighted by Gasteiger charge is -2.29. The first-order valence-corrected chi connectivity index (χ1v) is 9.70. The Kier molecular flexibility index (Phi) is 5.21. The number of hydrogen-bond donors (Lipinski definition) is 1. The second kappa shape index (κ2) is 7.83. The van der Waals surface area contributed by atoms with Crippen LogP contribution in [0, 0.1) is 23.1 Å². The van der Waals surface area contributed by atoms with Gasteiger partial charge in [0.1, 0.15) is 11.6 Å². The van der Waals surface area contributed by atoms with Gasteiger partial charge in [-0.05, 0) is 35.2 Å². The smallest absolute Gasteiger partial charge is 0.144 e. The van der Waals surface area contributed by atoms with Crippen LogP contribution in [-0.4, -0.2) is 6.54 Å². The summed E-state index contributed by atoms with van der Waals surface area (Å²) in [5.74, 6) is -2.09. The fraction of sp³-hybridized carbons (Fsp3) is 0.227. The molecule has 1 heterocycles. The first-order chi connectivity index (χ1) is 14.5. The molecule has 1 aliphatic carbocycles. The Balaban J connectivity index is 1.94. The zero-order chi connectivity index (χ0) is 21.3. The van der Waals surface area contributed by atoms with Gasteiger partial charge in [0.2, 0.25) is 0 Å². The lowest BCUT2D eigenvalue weighted by Crippen LogP contribution is -2.36. The highest BCUT2D eigenvalue weighted by Crippen LogP contribution is 2.49. The molecule has 0 saturated heterocycles. The van der Waals surface area contributed by atoms with Crippen LogP contribution in [0.3, 0.4) is 0 Å². The van der Waals surface area contributed by atoms with Gasteiger partial charge in [-0.3, -0.25) is 0 Å². The molecular formula is C22H16ClF2N5. The zero-order valence-corrected chi connectivity index (χ0v) is 16.5. The lowest BCUT2D eigenvalue weighted by molar-refractivity contribution is 0.520. The van der Waals surface area contributed by atoms with Crippen LogP contribution in [0.5, 0.6) is 0 Å². The van der Waals surface area contributed by atoms with Crippen molar-refractivity contribution in [3.8, 4) is 6.07 Å². The van der Waals surface area contributed by atoms with Crippen molar-refractivity contribution in [2.45, 2.75) is 18.4 Å². The molecule has 150 valence electrons. The Morgan fingerprint density at radius 3 is 2.80 bits per heavy atom. The third-order valence-corrected chi connectivity index (χ3v) is 5.95. The molecular weight excluding hydrogens is 408 g/mol. The number of fused-ring (bicyclic) bond motifs is 1. The Hall–Kier alpha value is -3.33. The van der Waals surface area contributed by atoms with Crippen molar-refractivity contribution in [1.29, 1.82) is 5.26 Å². The number of halogens is 3. The summed E-state index contributed by atoms with van der Waals surface area (Å²) < 4.78 is 29.6. The molecule has 4 rings (SSSR count). The summed E-state index contributed by atoms with van der Waals surface area (Å²) in [5, 5.41) is 16.4. The van der Waals surface area contributed by atoms with Gasteiger partial charge in [0.05, 0.1) is 29.1 Å². The van der Waals surface area contributed by atoms with Crippen molar-refractivity contribution in [1.82, 2.24) is 0 Å². The van der Waals surface area contributed by atoms with E-state index in [1.807, 2.05) is 30.3 Å². The van der Waals surface area contributed by atoms with Gasteiger partial charge in [-0.15, -0.1) is 0 Å². The number of rotatable bonds is 4. The van der Waals surface area contributed by atoms with Crippen molar-refractivity contribution in [3.63, 3.8) is 0 Å². The Morgan fingerprint density at radius 1 is 1.33 bits per heavy atom. The first kappa shape index (κ1) is 20.0. The summed E-state index contributed by atoms with van der Waals surface area (Å²) in [6, 6.07) is 12.7. The van der Waals surface area contributed by atoms with E-state index in [0.717, 1.165) is 5.56 Å². The van der Waals surface area contributed by atoms with Gasteiger partial charge in [0, 0.05) is 28.2 Å². The number of hydrogen-bond acceptors (Lipinski definition) is 3. The molecule has 0 spiro atoms. The third-order valence-electron chi connectivity index (χ3n) is 5.58. The minimum atomic E-state index is -0.842. The number of nitrogens with zero attached hydrogens (tertiary/aromatic N) is 4. The van der Waals surface area contributed by atoms with Gasteiger partial charge in [0.25, 0.3) is 0 Å². The summed E-state index contributed by atoms with van der Waals surface area (Å²) in [6.45, 7) is 0.0595. The molecule has 8 heteroatoms. The molecule has 30 heavy (non-hydrogen) atoms. The lowest BCUT2D eigenvalue weighted by atomic mass is 9.81. The van der Waals surface area contributed by atoms with E-state index in [9.17, 15) is 14.0 Å². The molecule has 2 aromatic rings. The normalized spacial score (nSPS) is 22.1. The van der Waals surface area contributed by atoms with E-state index in [2.05, 4.69) is 21.4 Å². The van der Waals surface area contributed by atoms with E-state index in [-0.39, 0.29) is 22.7 Å². The van der Waals surface area contributed by atoms with Crippen LogP contribution in [0.4, 0.5) is 14.5 Å². The van der Waals surface area contributed by atoms with Crippen LogP contribution < -0.4 is 5.32 Å². The van der Waals surface area contributed by atoms with E-state index < -0.39 is 23.1 Å². The van der Waals surface area contributed by atoms with Crippen molar-refractivity contribution in [2.24, 2.45) is 11.0 Å². The largest absolute Gasteiger partial charge is 0.375 e. The predicted molar refractivity (Wildman–Crippen MR) is 112 cm³/mol. The highest BCUT2D eigenvalue weighted by molar-refractivity contribution is 6.33. The fourth-order valence-corrected chi connectivity index (χ4v) is 4.48. The van der Waals surface area contributed by atoms with Gasteiger partial charge < -0.3 is 5.32 Å². The summed E-state index contributed by atoms with van der Waals surface area (Å²) >= 11 is 6.32. The third kappa shape index (κ3) is 3.21. The van der Waals surface area contributed by atoms with Gasteiger partial charge in [-0.25, -0.2) is 8.78 Å². The molecule has 0 radical (unpaired) electrons. The van der Waals surface area contributed by atoms with Crippen molar-refractivity contribution in [2.75, 3.05) is 11.9 Å². The van der Waals surface area contributed by atoms with E-state index >= 15 is 0 Å². The summed E-state index contributed by atoms with van der Waals surface area (Å²) in [6.07, 6.45) is 3.47. The number of allylic oxidation sites excluding steroid dienone is 4. The van der Waals surface area contributed by atoms with Crippen LogP contribution in [0.15, 0.2) is 59.5 Å². The Bertz CT molecular complexity index is 1160. The van der Waals surface area contributed by atoms with Gasteiger partial charge in [0.15, 0.2) is 0 Å². The topological polar surface area (TPSA) is 84.6 Å². The maximum atomic E-state index is 14.8. The van der Waals surface area contributed by atoms with Crippen molar-refractivity contribution in [3.05, 3.63) is 92.4 Å². The van der Waals surface area contributed by atoms with Gasteiger partial charge >= 0.3 is 0 Å². The molecule has 2 atom stereocenters. The molecule has 2 aromatic carbocycles. The molecule has 0 aromatic heterocycles. The molecule has 0 fully saturated rings. The zero-order valence-electron chi connectivity index (χ0n) is 15.7. The maximum absolute atomic E-state index is 14.8. The molecule has 0 bridgehead atoms. The van der Waals surface area contributed by atoms with Crippen molar-refractivity contribution < 1.29 is 8.78 Å². The van der Waals surface area contributed by atoms with Gasteiger partial charge in [-0.1, -0.05) is 53.1 Å². The maximum Gasteiger partial charge on any atom is 0.144 e. The molecule has 1 unspecified atom stereocenters. The van der Waals surface area contributed by atoms with E-state index in [1.54, 1.807) is 6.08 Å². The molecule has 1 aliphatic heterocycles. The average molecular weight is 424 g/mol. The summed E-state index contributed by atoms with van der Waals surface area (Å²) in [5.41, 5.74) is 10.2. The SMILES string of the molecule is N#CC1CC=CC(F)=C1c1c(Cl)c(F)cc2c1C[C@@](CN=[N+]=[N-])(c1ccccc1)N2. The summed E-state index contributed by atoms with van der Waals surface area (Å²) in [4.78, 5) is 2.88. The van der Waals surface area contributed by atoms with Crippen molar-refractivity contribution >= 4 is 22.9 Å². The standard InChI is InChI=1S/C22H16ClF2N5/c23-21-17(25)9-18-15(20(21)19-13(11-26)5-4-8-16(19)24)10-22(29-18,12-28-30-27)14-6-2-1-3-7-14/h1-4,6-9,13,29H,5,10,12H2/t13?,22-/m1/s1. The van der Waals surface area contributed by atoms with Crippen LogP contribution in [0.25, 0.3) is 16.0 Å². The monoisotopic (exact) mass is 423 g/mol. The molecule has 2 aliphatic rings. The molecule has 5 nitrogen and oxygen atoms in total. The molecule has 1 N–H and O–H groups in total. The molecule has 0 amide bonds. The van der Waals surface area contributed by atoms with Crippen LogP contribution in [0.2, 0.25) is 5.02 Å². The van der Waals surface area contributed by atoms with Crippen LogP contribution in [-0.2, 0) is 12.0 Å².